The molecule has 0 aliphatic carbocycles. The van der Waals surface area contributed by atoms with E-state index in [1.54, 1.807) is 12.1 Å². The second-order valence-corrected chi connectivity index (χ2v) is 4.33. The van der Waals surface area contributed by atoms with Crippen LogP contribution in [0.1, 0.15) is 18.5 Å². The fourth-order valence-corrected chi connectivity index (χ4v) is 1.71. The Balaban J connectivity index is 3.01. The van der Waals surface area contributed by atoms with Crippen LogP contribution in [-0.2, 0) is 4.79 Å². The van der Waals surface area contributed by atoms with Gasteiger partial charge in [0.1, 0.15) is 6.04 Å². The summed E-state index contributed by atoms with van der Waals surface area (Å²) in [6.45, 7) is 2.58. The Hall–Kier alpha value is -0.580. The second kappa shape index (κ2) is 5.49. The molecule has 0 aliphatic rings. The summed E-state index contributed by atoms with van der Waals surface area (Å²) in [4.78, 5) is 11.2. The van der Waals surface area contributed by atoms with Crippen LogP contribution in [0.4, 0.5) is 0 Å². The van der Waals surface area contributed by atoms with Crippen molar-refractivity contribution in [3.05, 3.63) is 33.3 Å². The number of hydrogen-bond acceptors (Lipinski definition) is 2. The maximum atomic E-state index is 11.2. The van der Waals surface area contributed by atoms with Crippen molar-refractivity contribution < 1.29 is 4.79 Å². The molecule has 0 radical (unpaired) electrons. The van der Waals surface area contributed by atoms with Crippen molar-refractivity contribution in [2.75, 3.05) is 6.54 Å². The zero-order chi connectivity index (χ0) is 11.4. The van der Waals surface area contributed by atoms with E-state index in [0.29, 0.717) is 11.6 Å². The van der Waals surface area contributed by atoms with E-state index in [4.69, 9.17) is 17.3 Å². The van der Waals surface area contributed by atoms with Crippen molar-refractivity contribution in [3.63, 3.8) is 0 Å². The lowest BCUT2D eigenvalue weighted by Gasteiger charge is -2.14. The molecule has 3 nitrogen and oxygen atoms in total. The Morgan fingerprint density at radius 3 is 2.80 bits per heavy atom. The van der Waals surface area contributed by atoms with Crippen LogP contribution in [0.25, 0.3) is 0 Å². The van der Waals surface area contributed by atoms with Gasteiger partial charge in [-0.3, -0.25) is 4.79 Å². The van der Waals surface area contributed by atoms with Gasteiger partial charge in [-0.2, -0.15) is 0 Å². The monoisotopic (exact) mass is 290 g/mol. The van der Waals surface area contributed by atoms with Gasteiger partial charge in [0, 0.05) is 4.47 Å². The highest BCUT2D eigenvalue weighted by Gasteiger charge is 2.16. The van der Waals surface area contributed by atoms with E-state index in [1.807, 2.05) is 13.0 Å². The van der Waals surface area contributed by atoms with Crippen LogP contribution in [0, 0.1) is 0 Å². The van der Waals surface area contributed by atoms with Gasteiger partial charge in [-0.25, -0.2) is 0 Å². The SMILES string of the molecule is CCNC(C(N)=O)c1ccc(Br)c(Cl)c1. The average molecular weight is 292 g/mol. The Kier molecular flexibility index (Phi) is 4.57. The summed E-state index contributed by atoms with van der Waals surface area (Å²) in [6.07, 6.45) is 0. The van der Waals surface area contributed by atoms with Crippen molar-refractivity contribution in [3.8, 4) is 0 Å². The topological polar surface area (TPSA) is 55.1 Å². The molecule has 0 spiro atoms. The van der Waals surface area contributed by atoms with E-state index < -0.39 is 11.9 Å². The van der Waals surface area contributed by atoms with Crippen molar-refractivity contribution in [2.45, 2.75) is 13.0 Å². The molecule has 15 heavy (non-hydrogen) atoms. The van der Waals surface area contributed by atoms with E-state index in [-0.39, 0.29) is 0 Å². The van der Waals surface area contributed by atoms with Gasteiger partial charge in [-0.1, -0.05) is 24.6 Å². The van der Waals surface area contributed by atoms with Crippen LogP contribution < -0.4 is 11.1 Å². The molecule has 0 fully saturated rings. The third kappa shape index (κ3) is 3.19. The van der Waals surface area contributed by atoms with Crippen LogP contribution in [0.2, 0.25) is 5.02 Å². The molecule has 1 rings (SSSR count). The van der Waals surface area contributed by atoms with E-state index in [9.17, 15) is 4.79 Å². The third-order valence-electron chi connectivity index (χ3n) is 1.97. The average Bonchev–Trinajstić information content (AvgIpc) is 2.18. The molecule has 0 saturated carbocycles. The molecule has 1 aromatic rings. The summed E-state index contributed by atoms with van der Waals surface area (Å²) in [6, 6.07) is 4.85. The third-order valence-corrected chi connectivity index (χ3v) is 3.20. The first kappa shape index (κ1) is 12.5. The molecule has 82 valence electrons. The van der Waals surface area contributed by atoms with Crippen LogP contribution in [0.3, 0.4) is 0 Å². The molecule has 1 amide bonds. The molecule has 1 aromatic carbocycles. The quantitative estimate of drug-likeness (QED) is 0.894. The lowest BCUT2D eigenvalue weighted by molar-refractivity contribution is -0.120. The van der Waals surface area contributed by atoms with Gasteiger partial charge in [0.05, 0.1) is 5.02 Å². The first-order valence-corrected chi connectivity index (χ1v) is 5.71. The van der Waals surface area contributed by atoms with Crippen LogP contribution in [-0.4, -0.2) is 12.5 Å². The number of likely N-dealkylation sites (N-methyl/N-ethyl adjacent to an activating group) is 1. The normalized spacial score (nSPS) is 12.5. The van der Waals surface area contributed by atoms with Crippen LogP contribution >= 0.6 is 27.5 Å². The van der Waals surface area contributed by atoms with Crippen LogP contribution in [0.15, 0.2) is 22.7 Å². The predicted octanol–water partition coefficient (Wildman–Crippen LogP) is 2.24. The van der Waals surface area contributed by atoms with Crippen molar-refractivity contribution in [1.29, 1.82) is 0 Å². The largest absolute Gasteiger partial charge is 0.368 e. The van der Waals surface area contributed by atoms with Gasteiger partial charge < -0.3 is 11.1 Å². The molecule has 0 heterocycles. The number of halogens is 2. The first-order valence-electron chi connectivity index (χ1n) is 4.54. The number of carbonyl (C=O) groups is 1. The Bertz CT molecular complexity index is 370. The summed E-state index contributed by atoms with van der Waals surface area (Å²) < 4.78 is 0.799. The maximum absolute atomic E-state index is 11.2. The van der Waals surface area contributed by atoms with E-state index in [2.05, 4.69) is 21.2 Å². The zero-order valence-electron chi connectivity index (χ0n) is 8.26. The van der Waals surface area contributed by atoms with Gasteiger partial charge >= 0.3 is 0 Å². The summed E-state index contributed by atoms with van der Waals surface area (Å²) >= 11 is 9.22. The summed E-state index contributed by atoms with van der Waals surface area (Å²) in [5.41, 5.74) is 6.06. The number of primary amides is 1. The van der Waals surface area contributed by atoms with Gasteiger partial charge in [0.15, 0.2) is 0 Å². The van der Waals surface area contributed by atoms with Gasteiger partial charge in [-0.15, -0.1) is 0 Å². The molecular formula is C10H12BrClN2O. The minimum absolute atomic E-state index is 0.407. The van der Waals surface area contributed by atoms with Crippen molar-refractivity contribution in [1.82, 2.24) is 5.32 Å². The summed E-state index contributed by atoms with van der Waals surface area (Å²) in [5, 5.41) is 3.56. The highest BCUT2D eigenvalue weighted by atomic mass is 79.9. The number of carbonyl (C=O) groups excluding carboxylic acids is 1. The summed E-state index contributed by atoms with van der Waals surface area (Å²) in [5.74, 6) is -0.407. The van der Waals surface area contributed by atoms with Gasteiger partial charge in [0.2, 0.25) is 5.91 Å². The number of hydrogen-bond donors (Lipinski definition) is 2. The molecule has 1 atom stereocenters. The Labute approximate surface area is 102 Å². The smallest absolute Gasteiger partial charge is 0.239 e. The molecule has 0 aliphatic heterocycles. The molecular weight excluding hydrogens is 279 g/mol. The summed E-state index contributed by atoms with van der Waals surface area (Å²) in [7, 11) is 0. The molecule has 0 bridgehead atoms. The maximum Gasteiger partial charge on any atom is 0.239 e. The number of benzene rings is 1. The number of nitrogens with one attached hydrogen (secondary N) is 1. The highest BCUT2D eigenvalue weighted by Crippen LogP contribution is 2.25. The number of rotatable bonds is 4. The lowest BCUT2D eigenvalue weighted by Crippen LogP contribution is -2.33. The minimum atomic E-state index is -0.486. The molecule has 1 unspecified atom stereocenters. The molecule has 0 aromatic heterocycles. The fourth-order valence-electron chi connectivity index (χ4n) is 1.28. The second-order valence-electron chi connectivity index (χ2n) is 3.07. The molecule has 5 heteroatoms. The Morgan fingerprint density at radius 1 is 1.67 bits per heavy atom. The standard InChI is InChI=1S/C10H12BrClN2O/c1-2-14-9(10(13)15)6-3-4-7(11)8(12)5-6/h3-5,9,14H,2H2,1H3,(H2,13,15). The van der Waals surface area contributed by atoms with Crippen LogP contribution in [0.5, 0.6) is 0 Å². The minimum Gasteiger partial charge on any atom is -0.368 e. The zero-order valence-corrected chi connectivity index (χ0v) is 10.6. The lowest BCUT2D eigenvalue weighted by atomic mass is 10.1. The molecule has 3 N–H and O–H groups in total. The van der Waals surface area contributed by atoms with E-state index in [0.717, 1.165) is 10.0 Å². The number of nitrogens with two attached hydrogens (primary N) is 1. The van der Waals surface area contributed by atoms with Crippen molar-refractivity contribution >= 4 is 33.4 Å². The highest BCUT2D eigenvalue weighted by molar-refractivity contribution is 9.10. The predicted molar refractivity (Wildman–Crippen MR) is 64.8 cm³/mol. The van der Waals surface area contributed by atoms with Crippen molar-refractivity contribution in [2.24, 2.45) is 5.73 Å². The Morgan fingerprint density at radius 2 is 2.33 bits per heavy atom. The van der Waals surface area contributed by atoms with Gasteiger partial charge in [0.25, 0.3) is 0 Å². The van der Waals surface area contributed by atoms with E-state index >= 15 is 0 Å². The first-order chi connectivity index (χ1) is 7.06. The number of amides is 1. The fraction of sp³-hybridized carbons (Fsp3) is 0.300. The van der Waals surface area contributed by atoms with Gasteiger partial charge in [-0.05, 0) is 40.2 Å². The van der Waals surface area contributed by atoms with E-state index in [1.165, 1.54) is 0 Å². The molecule has 0 saturated heterocycles.